The zero-order chi connectivity index (χ0) is 21.8. The molecule has 4 aromatic heterocycles. The molecule has 156 valence electrons. The van der Waals surface area contributed by atoms with Gasteiger partial charge in [-0.3, -0.25) is 0 Å². The van der Waals surface area contributed by atoms with E-state index in [1.165, 1.54) is 21.2 Å². The molecular weight excluding hydrogens is 424 g/mol. The van der Waals surface area contributed by atoms with Crippen molar-refractivity contribution in [3.63, 3.8) is 0 Å². The summed E-state index contributed by atoms with van der Waals surface area (Å²) in [6.07, 6.45) is 8.14. The first-order valence-corrected chi connectivity index (χ1v) is 11.7. The third-order valence-electron chi connectivity index (χ3n) is 5.94. The van der Waals surface area contributed by atoms with Crippen LogP contribution in [0.3, 0.4) is 0 Å². The largest absolute Gasteiger partial charge is 0.355 e. The van der Waals surface area contributed by atoms with E-state index < -0.39 is 0 Å². The van der Waals surface area contributed by atoms with Gasteiger partial charge in [-0.2, -0.15) is 0 Å². The fourth-order valence-corrected chi connectivity index (χ4v) is 5.39. The Labute approximate surface area is 193 Å². The van der Waals surface area contributed by atoms with Gasteiger partial charge in [0.05, 0.1) is 22.8 Å². The van der Waals surface area contributed by atoms with Crippen LogP contribution in [0.25, 0.3) is 67.6 Å². The lowest BCUT2D eigenvalue weighted by Gasteiger charge is -1.97. The van der Waals surface area contributed by atoms with Crippen LogP contribution in [-0.4, -0.2) is 19.9 Å². The topological polar surface area (TPSA) is 57.4 Å². The summed E-state index contributed by atoms with van der Waals surface area (Å²) >= 11 is 1.78. The number of H-pyrrole nitrogens is 2. The number of benzene rings is 1. The van der Waals surface area contributed by atoms with Gasteiger partial charge < -0.3 is 9.97 Å². The number of nitrogens with zero attached hydrogens (tertiary/aromatic N) is 2. The molecule has 5 aromatic rings. The molecule has 0 saturated heterocycles. The fraction of sp³-hybridized carbons (Fsp3) is 0. The second-order valence-electron chi connectivity index (χ2n) is 8.23. The van der Waals surface area contributed by atoms with Crippen molar-refractivity contribution in [1.82, 2.24) is 19.9 Å². The lowest BCUT2D eigenvalue weighted by Crippen LogP contribution is -1.78. The number of thiophene rings is 1. The van der Waals surface area contributed by atoms with Gasteiger partial charge in [0.1, 0.15) is 0 Å². The van der Waals surface area contributed by atoms with Crippen LogP contribution in [0.2, 0.25) is 0 Å². The highest BCUT2D eigenvalue weighted by Gasteiger charge is 2.11. The molecule has 2 N–H and O–H groups in total. The Hall–Kier alpha value is -4.22. The Morgan fingerprint density at radius 1 is 0.576 bits per heavy atom. The van der Waals surface area contributed by atoms with Crippen molar-refractivity contribution < 1.29 is 0 Å². The number of aromatic amines is 2. The van der Waals surface area contributed by atoms with Crippen LogP contribution in [0.1, 0.15) is 22.8 Å². The van der Waals surface area contributed by atoms with Crippen LogP contribution in [0.5, 0.6) is 0 Å². The predicted octanol–water partition coefficient (Wildman–Crippen LogP) is 7.54. The molecule has 8 bridgehead atoms. The van der Waals surface area contributed by atoms with E-state index in [9.17, 15) is 0 Å². The van der Waals surface area contributed by atoms with Crippen LogP contribution >= 0.6 is 11.3 Å². The molecular formula is C28H18N4S. The highest BCUT2D eigenvalue weighted by atomic mass is 32.1. The van der Waals surface area contributed by atoms with Crippen molar-refractivity contribution in [3.05, 3.63) is 94.9 Å². The van der Waals surface area contributed by atoms with Crippen LogP contribution in [0.15, 0.2) is 72.1 Å². The third-order valence-corrected chi connectivity index (χ3v) is 6.90. The van der Waals surface area contributed by atoms with Gasteiger partial charge in [0.25, 0.3) is 0 Å². The Bertz CT molecular complexity index is 1780. The summed E-state index contributed by atoms with van der Waals surface area (Å²) in [7, 11) is 0. The van der Waals surface area contributed by atoms with Gasteiger partial charge in [-0.05, 0) is 78.2 Å². The van der Waals surface area contributed by atoms with Crippen molar-refractivity contribution in [2.75, 3.05) is 0 Å². The van der Waals surface area contributed by atoms with Crippen molar-refractivity contribution in [2.45, 2.75) is 0 Å². The summed E-state index contributed by atoms with van der Waals surface area (Å²) < 4.78 is 1.29. The highest BCUT2D eigenvalue weighted by Crippen LogP contribution is 2.37. The molecule has 33 heavy (non-hydrogen) atoms. The molecule has 4 nitrogen and oxygen atoms in total. The molecule has 5 heteroatoms. The molecule has 0 amide bonds. The van der Waals surface area contributed by atoms with Gasteiger partial charge in [-0.15, -0.1) is 11.3 Å². The SMILES string of the molecule is C1=Cc2cc3ccc(cc4cc(-c5csc6ccccc56)c(cc5nc(cc1n2)C=C5)[nH]4)[nH]3. The van der Waals surface area contributed by atoms with Crippen LogP contribution < -0.4 is 0 Å². The average Bonchev–Trinajstić information content (AvgIpc) is 3.62. The molecule has 0 saturated carbocycles. The molecule has 2 aliphatic rings. The van der Waals surface area contributed by atoms with E-state index in [0.29, 0.717) is 0 Å². The monoisotopic (exact) mass is 442 g/mol. The van der Waals surface area contributed by atoms with E-state index in [-0.39, 0.29) is 0 Å². The van der Waals surface area contributed by atoms with Crippen molar-refractivity contribution in [1.29, 1.82) is 0 Å². The lowest BCUT2D eigenvalue weighted by atomic mass is 10.1. The molecule has 1 aromatic carbocycles. The van der Waals surface area contributed by atoms with E-state index in [0.717, 1.165) is 44.8 Å². The van der Waals surface area contributed by atoms with Crippen molar-refractivity contribution >= 4 is 67.8 Å². The molecule has 0 unspecified atom stereocenters. The molecule has 0 spiro atoms. The average molecular weight is 443 g/mol. The summed E-state index contributed by atoms with van der Waals surface area (Å²) in [4.78, 5) is 16.6. The van der Waals surface area contributed by atoms with Crippen LogP contribution in [-0.2, 0) is 0 Å². The van der Waals surface area contributed by atoms with Gasteiger partial charge in [0, 0.05) is 43.3 Å². The van der Waals surface area contributed by atoms with Crippen LogP contribution in [0, 0.1) is 0 Å². The Morgan fingerprint density at radius 2 is 1.27 bits per heavy atom. The Morgan fingerprint density at radius 3 is 2.09 bits per heavy atom. The zero-order valence-electron chi connectivity index (χ0n) is 17.5. The summed E-state index contributed by atoms with van der Waals surface area (Å²) in [5, 5.41) is 3.52. The van der Waals surface area contributed by atoms with E-state index in [4.69, 9.17) is 9.97 Å². The maximum atomic E-state index is 4.81. The minimum absolute atomic E-state index is 0.904. The highest BCUT2D eigenvalue weighted by molar-refractivity contribution is 7.17. The standard InChI is InChI=1S/C28H18N4S/c1-2-4-28-24(3-1)26(16-33-28)25-14-23-13-21-8-7-19(30-21)11-17-5-6-18(29-17)12-20-9-10-22(31-20)15-27(25)32-23/h1-16,30,32H. The Balaban J connectivity index is 1.56. The molecule has 0 atom stereocenters. The summed E-state index contributed by atoms with van der Waals surface area (Å²) in [6.45, 7) is 0. The quantitative estimate of drug-likeness (QED) is 0.276. The van der Waals surface area contributed by atoms with E-state index in [1.54, 1.807) is 11.3 Å². The van der Waals surface area contributed by atoms with E-state index in [2.05, 4.69) is 82.1 Å². The number of rotatable bonds is 1. The fourth-order valence-electron chi connectivity index (χ4n) is 4.43. The number of hydrogen-bond acceptors (Lipinski definition) is 3. The molecule has 0 radical (unpaired) electrons. The smallest absolute Gasteiger partial charge is 0.0659 e. The summed E-state index contributed by atoms with van der Waals surface area (Å²) in [6, 6.07) is 23.3. The number of hydrogen-bond donors (Lipinski definition) is 2. The lowest BCUT2D eigenvalue weighted by molar-refractivity contribution is 1.28. The van der Waals surface area contributed by atoms with E-state index in [1.807, 2.05) is 24.3 Å². The first-order valence-electron chi connectivity index (χ1n) is 10.8. The zero-order valence-corrected chi connectivity index (χ0v) is 18.4. The first-order chi connectivity index (χ1) is 16.3. The molecule has 7 rings (SSSR count). The van der Waals surface area contributed by atoms with Gasteiger partial charge in [-0.1, -0.05) is 18.2 Å². The van der Waals surface area contributed by atoms with Crippen molar-refractivity contribution in [3.8, 4) is 11.1 Å². The number of aromatic nitrogens is 4. The minimum Gasteiger partial charge on any atom is -0.355 e. The van der Waals surface area contributed by atoms with Crippen LogP contribution in [0.4, 0.5) is 0 Å². The summed E-state index contributed by atoms with van der Waals surface area (Å²) in [5.41, 5.74) is 10.2. The summed E-state index contributed by atoms with van der Waals surface area (Å²) in [5.74, 6) is 0. The second kappa shape index (κ2) is 7.15. The minimum atomic E-state index is 0.904. The maximum absolute atomic E-state index is 4.81. The number of nitrogens with one attached hydrogen (secondary N) is 2. The van der Waals surface area contributed by atoms with Gasteiger partial charge >= 0.3 is 0 Å². The third kappa shape index (κ3) is 3.30. The Kier molecular flexibility index (Phi) is 3.98. The normalized spacial score (nSPS) is 12.6. The van der Waals surface area contributed by atoms with Gasteiger partial charge in [0.2, 0.25) is 0 Å². The first kappa shape index (κ1) is 18.4. The predicted molar refractivity (Wildman–Crippen MR) is 140 cm³/mol. The second-order valence-corrected chi connectivity index (χ2v) is 9.14. The molecule has 0 fully saturated rings. The molecule has 2 aliphatic heterocycles. The van der Waals surface area contributed by atoms with Gasteiger partial charge in [-0.25, -0.2) is 9.97 Å². The molecule has 0 aliphatic carbocycles. The number of fused-ring (bicyclic) bond motifs is 9. The van der Waals surface area contributed by atoms with E-state index >= 15 is 0 Å². The maximum Gasteiger partial charge on any atom is 0.0659 e. The van der Waals surface area contributed by atoms with Crippen molar-refractivity contribution in [2.24, 2.45) is 0 Å². The molecule has 6 heterocycles. The van der Waals surface area contributed by atoms with Gasteiger partial charge in [0.15, 0.2) is 0 Å².